The smallest absolute Gasteiger partial charge is 0.326 e. The number of nitrogens with one attached hydrogen (secondary N) is 1. The van der Waals surface area contributed by atoms with Gasteiger partial charge in [-0.05, 0) is 38.5 Å². The van der Waals surface area contributed by atoms with Crippen molar-refractivity contribution in [1.29, 1.82) is 0 Å². The Morgan fingerprint density at radius 3 is 2.64 bits per heavy atom. The first-order chi connectivity index (χ1) is 6.62. The number of carbonyl (C=O) groups is 1. The van der Waals surface area contributed by atoms with E-state index in [-0.39, 0.29) is 11.5 Å². The maximum Gasteiger partial charge on any atom is 0.326 e. The first-order valence-corrected chi connectivity index (χ1v) is 5.57. The van der Waals surface area contributed by atoms with E-state index in [4.69, 9.17) is 4.74 Å². The van der Waals surface area contributed by atoms with Crippen molar-refractivity contribution >= 4 is 5.97 Å². The molecule has 2 fully saturated rings. The Morgan fingerprint density at radius 2 is 2.00 bits per heavy atom. The molecule has 0 amide bonds. The molecule has 0 radical (unpaired) electrons. The number of rotatable bonds is 0. The molecule has 0 aromatic heterocycles. The summed E-state index contributed by atoms with van der Waals surface area (Å²) in [6.45, 7) is 4.85. The fourth-order valence-corrected chi connectivity index (χ4v) is 2.51. The Labute approximate surface area is 85.2 Å². The van der Waals surface area contributed by atoms with Crippen molar-refractivity contribution in [3.8, 4) is 0 Å². The SMILES string of the molecule is CC1CCC2(CC1)N[C@@H](C)COC2=O. The zero-order valence-corrected chi connectivity index (χ0v) is 9.01. The van der Waals surface area contributed by atoms with Crippen molar-refractivity contribution in [2.24, 2.45) is 5.92 Å². The maximum absolute atomic E-state index is 11.7. The molecule has 1 atom stereocenters. The van der Waals surface area contributed by atoms with Crippen LogP contribution >= 0.6 is 0 Å². The van der Waals surface area contributed by atoms with E-state index in [0.717, 1.165) is 31.6 Å². The average molecular weight is 197 g/mol. The summed E-state index contributed by atoms with van der Waals surface area (Å²) in [5.74, 6) is 0.731. The molecule has 80 valence electrons. The van der Waals surface area contributed by atoms with E-state index in [2.05, 4.69) is 19.2 Å². The van der Waals surface area contributed by atoms with Crippen LogP contribution in [0.4, 0.5) is 0 Å². The Morgan fingerprint density at radius 1 is 1.36 bits per heavy atom. The summed E-state index contributed by atoms with van der Waals surface area (Å²) in [5.41, 5.74) is -0.343. The number of hydrogen-bond donors (Lipinski definition) is 1. The second kappa shape index (κ2) is 3.54. The molecule has 1 heterocycles. The number of morpholine rings is 1. The summed E-state index contributed by atoms with van der Waals surface area (Å²) in [6.07, 6.45) is 4.15. The van der Waals surface area contributed by atoms with Crippen LogP contribution in [0.25, 0.3) is 0 Å². The van der Waals surface area contributed by atoms with Gasteiger partial charge in [-0.1, -0.05) is 6.92 Å². The molecule has 3 nitrogen and oxygen atoms in total. The molecule has 0 bridgehead atoms. The number of esters is 1. The molecule has 1 N–H and O–H groups in total. The lowest BCUT2D eigenvalue weighted by molar-refractivity contribution is -0.161. The van der Waals surface area contributed by atoms with Crippen LogP contribution in [0.5, 0.6) is 0 Å². The summed E-state index contributed by atoms with van der Waals surface area (Å²) in [5, 5.41) is 3.43. The Bertz CT molecular complexity index is 231. The van der Waals surface area contributed by atoms with Gasteiger partial charge in [-0.3, -0.25) is 10.1 Å². The van der Waals surface area contributed by atoms with E-state index in [1.165, 1.54) is 0 Å². The maximum atomic E-state index is 11.7. The van der Waals surface area contributed by atoms with E-state index < -0.39 is 0 Å². The molecule has 3 heteroatoms. The first kappa shape index (κ1) is 9.97. The van der Waals surface area contributed by atoms with Gasteiger partial charge in [-0.25, -0.2) is 0 Å². The highest BCUT2D eigenvalue weighted by Crippen LogP contribution is 2.34. The van der Waals surface area contributed by atoms with Gasteiger partial charge in [0.25, 0.3) is 0 Å². The lowest BCUT2D eigenvalue weighted by Gasteiger charge is -2.43. The second-order valence-corrected chi connectivity index (χ2v) is 4.91. The molecule has 1 saturated carbocycles. The van der Waals surface area contributed by atoms with Crippen molar-refractivity contribution in [1.82, 2.24) is 5.32 Å². The van der Waals surface area contributed by atoms with E-state index in [1.54, 1.807) is 0 Å². The molecule has 2 aliphatic rings. The summed E-state index contributed by atoms with van der Waals surface area (Å²) < 4.78 is 5.22. The average Bonchev–Trinajstić information content (AvgIpc) is 2.17. The van der Waals surface area contributed by atoms with Crippen LogP contribution in [0.3, 0.4) is 0 Å². The topological polar surface area (TPSA) is 38.3 Å². The van der Waals surface area contributed by atoms with Crippen molar-refractivity contribution in [3.63, 3.8) is 0 Å². The van der Waals surface area contributed by atoms with Gasteiger partial charge in [0.2, 0.25) is 0 Å². The quantitative estimate of drug-likeness (QED) is 0.598. The lowest BCUT2D eigenvalue weighted by atomic mass is 9.76. The minimum absolute atomic E-state index is 0.0255. The minimum atomic E-state index is -0.343. The van der Waals surface area contributed by atoms with E-state index in [0.29, 0.717) is 12.6 Å². The molecular formula is C11H19NO2. The molecule has 0 aromatic rings. The molecule has 2 rings (SSSR count). The van der Waals surface area contributed by atoms with Crippen LogP contribution in [0.15, 0.2) is 0 Å². The molecule has 1 saturated heterocycles. The van der Waals surface area contributed by atoms with Crippen LogP contribution in [0, 0.1) is 5.92 Å². The molecule has 14 heavy (non-hydrogen) atoms. The second-order valence-electron chi connectivity index (χ2n) is 4.91. The van der Waals surface area contributed by atoms with E-state index >= 15 is 0 Å². The molecule has 0 aromatic carbocycles. The zero-order chi connectivity index (χ0) is 10.2. The van der Waals surface area contributed by atoms with Gasteiger partial charge < -0.3 is 4.74 Å². The molecule has 1 aliphatic heterocycles. The van der Waals surface area contributed by atoms with E-state index in [9.17, 15) is 4.79 Å². The predicted octanol–water partition coefficient (Wildman–Crippen LogP) is 1.47. The highest BCUT2D eigenvalue weighted by atomic mass is 16.5. The van der Waals surface area contributed by atoms with Gasteiger partial charge in [-0.2, -0.15) is 0 Å². The van der Waals surface area contributed by atoms with Crippen LogP contribution in [0.1, 0.15) is 39.5 Å². The number of cyclic esters (lactones) is 1. The number of ether oxygens (including phenoxy) is 1. The standard InChI is InChI=1S/C11H19NO2/c1-8-3-5-11(6-4-8)10(13)14-7-9(2)12-11/h8-9,12H,3-7H2,1-2H3/t8?,9-,11?/m0/s1. The van der Waals surface area contributed by atoms with Crippen molar-refractivity contribution in [3.05, 3.63) is 0 Å². The van der Waals surface area contributed by atoms with Crippen LogP contribution in [0.2, 0.25) is 0 Å². The van der Waals surface area contributed by atoms with Gasteiger partial charge in [0.1, 0.15) is 12.1 Å². The highest BCUT2D eigenvalue weighted by Gasteiger charge is 2.45. The van der Waals surface area contributed by atoms with Crippen LogP contribution in [-0.2, 0) is 9.53 Å². The summed E-state index contributed by atoms with van der Waals surface area (Å²) >= 11 is 0. The minimum Gasteiger partial charge on any atom is -0.463 e. The highest BCUT2D eigenvalue weighted by molar-refractivity contribution is 5.81. The summed E-state index contributed by atoms with van der Waals surface area (Å²) in [6, 6.07) is 0.307. The van der Waals surface area contributed by atoms with Gasteiger partial charge >= 0.3 is 5.97 Å². The molecule has 1 aliphatic carbocycles. The Kier molecular flexibility index (Phi) is 2.52. The summed E-state index contributed by atoms with van der Waals surface area (Å²) in [7, 11) is 0. The molecular weight excluding hydrogens is 178 g/mol. The number of carbonyl (C=O) groups excluding carboxylic acids is 1. The third-order valence-electron chi connectivity index (χ3n) is 3.51. The largest absolute Gasteiger partial charge is 0.463 e. The van der Waals surface area contributed by atoms with Crippen LogP contribution in [-0.4, -0.2) is 24.2 Å². The van der Waals surface area contributed by atoms with Gasteiger partial charge in [-0.15, -0.1) is 0 Å². The van der Waals surface area contributed by atoms with Crippen LogP contribution < -0.4 is 5.32 Å². The van der Waals surface area contributed by atoms with Crippen molar-refractivity contribution < 1.29 is 9.53 Å². The van der Waals surface area contributed by atoms with Crippen molar-refractivity contribution in [2.45, 2.75) is 51.1 Å². The third-order valence-corrected chi connectivity index (χ3v) is 3.51. The normalized spacial score (nSPS) is 43.7. The van der Waals surface area contributed by atoms with Gasteiger partial charge in [0, 0.05) is 6.04 Å². The van der Waals surface area contributed by atoms with Gasteiger partial charge in [0.05, 0.1) is 0 Å². The third kappa shape index (κ3) is 1.65. The molecule has 0 unspecified atom stereocenters. The van der Waals surface area contributed by atoms with Gasteiger partial charge in [0.15, 0.2) is 0 Å². The fourth-order valence-electron chi connectivity index (χ4n) is 2.51. The van der Waals surface area contributed by atoms with Crippen molar-refractivity contribution in [2.75, 3.05) is 6.61 Å². The lowest BCUT2D eigenvalue weighted by Crippen LogP contribution is -2.62. The summed E-state index contributed by atoms with van der Waals surface area (Å²) in [4.78, 5) is 11.7. The zero-order valence-electron chi connectivity index (χ0n) is 9.01. The predicted molar refractivity (Wildman–Crippen MR) is 53.9 cm³/mol. The fraction of sp³-hybridized carbons (Fsp3) is 0.909. The van der Waals surface area contributed by atoms with E-state index in [1.807, 2.05) is 0 Å². The Hall–Kier alpha value is -0.570. The first-order valence-electron chi connectivity index (χ1n) is 5.57. The monoisotopic (exact) mass is 197 g/mol. The number of hydrogen-bond acceptors (Lipinski definition) is 3. The Balaban J connectivity index is 2.08. The molecule has 1 spiro atoms.